The number of esters is 1. The van der Waals surface area contributed by atoms with Crippen molar-refractivity contribution < 1.29 is 13.9 Å². The first kappa shape index (κ1) is 13.8. The van der Waals surface area contributed by atoms with Crippen LogP contribution in [-0.2, 0) is 16.0 Å². The predicted octanol–water partition coefficient (Wildman–Crippen LogP) is 2.75. The number of hydrogen-bond donors (Lipinski definition) is 1. The Bertz CT molecular complexity index is 580. The average Bonchev–Trinajstić information content (AvgIpc) is 2.86. The number of methoxy groups -OCH3 is 1. The maximum atomic E-state index is 11.2. The van der Waals surface area contributed by atoms with Crippen LogP contribution in [0.5, 0.6) is 0 Å². The minimum Gasteiger partial charge on any atom is -0.468 e. The second-order valence-corrected chi connectivity index (χ2v) is 5.03. The summed E-state index contributed by atoms with van der Waals surface area (Å²) in [6, 6.07) is 10.8. The summed E-state index contributed by atoms with van der Waals surface area (Å²) in [7, 11) is 1.32. The molecule has 2 rings (SSSR count). The van der Waals surface area contributed by atoms with Crippen LogP contribution < -0.4 is 5.73 Å². The van der Waals surface area contributed by atoms with Crippen LogP contribution in [0.1, 0.15) is 5.76 Å². The van der Waals surface area contributed by atoms with Crippen LogP contribution >= 0.6 is 15.9 Å². The van der Waals surface area contributed by atoms with Crippen LogP contribution in [0, 0.1) is 0 Å². The first-order valence-corrected chi connectivity index (χ1v) is 6.57. The van der Waals surface area contributed by atoms with Gasteiger partial charge in [0.05, 0.1) is 7.11 Å². The zero-order chi connectivity index (χ0) is 13.8. The van der Waals surface area contributed by atoms with Crippen molar-refractivity contribution in [2.24, 2.45) is 5.73 Å². The fourth-order valence-electron chi connectivity index (χ4n) is 1.74. The summed E-state index contributed by atoms with van der Waals surface area (Å²) in [5.41, 5.74) is 6.65. The van der Waals surface area contributed by atoms with E-state index in [9.17, 15) is 4.79 Å². The van der Waals surface area contributed by atoms with E-state index in [1.54, 1.807) is 0 Å². The van der Waals surface area contributed by atoms with Gasteiger partial charge in [0, 0.05) is 16.5 Å². The second-order valence-electron chi connectivity index (χ2n) is 4.11. The number of furan rings is 1. The highest BCUT2D eigenvalue weighted by Gasteiger charge is 2.16. The van der Waals surface area contributed by atoms with Crippen molar-refractivity contribution in [2.45, 2.75) is 12.5 Å². The van der Waals surface area contributed by atoms with Crippen molar-refractivity contribution in [3.63, 3.8) is 0 Å². The molecule has 0 aliphatic rings. The molecule has 4 nitrogen and oxygen atoms in total. The van der Waals surface area contributed by atoms with E-state index in [1.807, 2.05) is 36.4 Å². The molecule has 5 heteroatoms. The van der Waals surface area contributed by atoms with E-state index >= 15 is 0 Å². The van der Waals surface area contributed by atoms with E-state index in [0.29, 0.717) is 12.2 Å². The van der Waals surface area contributed by atoms with Gasteiger partial charge in [-0.3, -0.25) is 4.79 Å². The molecule has 0 radical (unpaired) electrons. The van der Waals surface area contributed by atoms with Crippen molar-refractivity contribution >= 4 is 21.9 Å². The Morgan fingerprint density at radius 1 is 1.42 bits per heavy atom. The standard InChI is InChI=1S/C14H14BrNO3/c1-18-14(17)12(16)8-11-5-6-13(19-11)9-3-2-4-10(15)7-9/h2-7,12H,8,16H2,1H3. The summed E-state index contributed by atoms with van der Waals surface area (Å²) in [5.74, 6) is 0.960. The Labute approximate surface area is 119 Å². The molecule has 2 aromatic rings. The Kier molecular flexibility index (Phi) is 4.39. The SMILES string of the molecule is COC(=O)C(N)Cc1ccc(-c2cccc(Br)c2)o1. The Morgan fingerprint density at radius 3 is 2.89 bits per heavy atom. The summed E-state index contributed by atoms with van der Waals surface area (Å²) in [5, 5.41) is 0. The van der Waals surface area contributed by atoms with Gasteiger partial charge in [-0.1, -0.05) is 28.1 Å². The first-order valence-electron chi connectivity index (χ1n) is 5.78. The lowest BCUT2D eigenvalue weighted by atomic mass is 10.2. The summed E-state index contributed by atoms with van der Waals surface area (Å²) < 4.78 is 11.2. The van der Waals surface area contributed by atoms with Gasteiger partial charge in [0.1, 0.15) is 17.6 Å². The van der Waals surface area contributed by atoms with Gasteiger partial charge in [0.25, 0.3) is 0 Å². The number of benzene rings is 1. The zero-order valence-electron chi connectivity index (χ0n) is 10.4. The smallest absolute Gasteiger partial charge is 0.323 e. The van der Waals surface area contributed by atoms with E-state index in [-0.39, 0.29) is 0 Å². The summed E-state index contributed by atoms with van der Waals surface area (Å²) in [6.45, 7) is 0. The number of ether oxygens (including phenoxy) is 1. The molecule has 1 aromatic carbocycles. The normalized spacial score (nSPS) is 12.2. The predicted molar refractivity (Wildman–Crippen MR) is 75.5 cm³/mol. The van der Waals surface area contributed by atoms with Gasteiger partial charge >= 0.3 is 5.97 Å². The van der Waals surface area contributed by atoms with Gasteiger partial charge < -0.3 is 14.9 Å². The van der Waals surface area contributed by atoms with E-state index in [4.69, 9.17) is 10.2 Å². The molecule has 100 valence electrons. The minimum atomic E-state index is -0.702. The topological polar surface area (TPSA) is 65.5 Å². The Balaban J connectivity index is 2.13. The molecule has 1 heterocycles. The van der Waals surface area contributed by atoms with Crippen molar-refractivity contribution in [3.05, 3.63) is 46.6 Å². The largest absolute Gasteiger partial charge is 0.468 e. The quantitative estimate of drug-likeness (QED) is 0.878. The monoisotopic (exact) mass is 323 g/mol. The highest BCUT2D eigenvalue weighted by atomic mass is 79.9. The lowest BCUT2D eigenvalue weighted by Crippen LogP contribution is -2.33. The molecule has 0 aliphatic heterocycles. The van der Waals surface area contributed by atoms with Crippen molar-refractivity contribution in [2.75, 3.05) is 7.11 Å². The summed E-state index contributed by atoms with van der Waals surface area (Å²) in [4.78, 5) is 11.2. The molecule has 1 unspecified atom stereocenters. The maximum Gasteiger partial charge on any atom is 0.323 e. The molecule has 0 fully saturated rings. The van der Waals surface area contributed by atoms with Crippen molar-refractivity contribution in [1.29, 1.82) is 0 Å². The number of hydrogen-bond acceptors (Lipinski definition) is 4. The third-order valence-electron chi connectivity index (χ3n) is 2.70. The van der Waals surface area contributed by atoms with Gasteiger partial charge in [-0.2, -0.15) is 0 Å². The lowest BCUT2D eigenvalue weighted by molar-refractivity contribution is -0.142. The van der Waals surface area contributed by atoms with Gasteiger partial charge in [-0.05, 0) is 24.3 Å². The first-order chi connectivity index (χ1) is 9.10. The van der Waals surface area contributed by atoms with Crippen LogP contribution in [0.3, 0.4) is 0 Å². The van der Waals surface area contributed by atoms with Gasteiger partial charge in [-0.15, -0.1) is 0 Å². The summed E-state index contributed by atoms with van der Waals surface area (Å²) in [6.07, 6.45) is 0.320. The molecule has 0 spiro atoms. The number of halogens is 1. The lowest BCUT2D eigenvalue weighted by Gasteiger charge is -2.06. The van der Waals surface area contributed by atoms with E-state index < -0.39 is 12.0 Å². The Morgan fingerprint density at radius 2 is 2.21 bits per heavy atom. The van der Waals surface area contributed by atoms with Crippen LogP contribution in [0.15, 0.2) is 45.3 Å². The molecule has 0 saturated heterocycles. The fraction of sp³-hybridized carbons (Fsp3) is 0.214. The molecule has 0 bridgehead atoms. The third kappa shape index (κ3) is 3.45. The summed E-state index contributed by atoms with van der Waals surface area (Å²) >= 11 is 3.41. The van der Waals surface area contributed by atoms with E-state index in [0.717, 1.165) is 15.8 Å². The van der Waals surface area contributed by atoms with Gasteiger partial charge in [-0.25, -0.2) is 0 Å². The molecule has 1 aromatic heterocycles. The molecule has 0 aliphatic carbocycles. The van der Waals surface area contributed by atoms with Gasteiger partial charge in [0.15, 0.2) is 0 Å². The molecular weight excluding hydrogens is 310 g/mol. The molecule has 0 saturated carbocycles. The molecule has 19 heavy (non-hydrogen) atoms. The van der Waals surface area contributed by atoms with E-state index in [1.165, 1.54) is 7.11 Å². The van der Waals surface area contributed by atoms with Crippen LogP contribution in [-0.4, -0.2) is 19.1 Å². The number of carbonyl (C=O) groups is 1. The van der Waals surface area contributed by atoms with Crippen LogP contribution in [0.4, 0.5) is 0 Å². The van der Waals surface area contributed by atoms with E-state index in [2.05, 4.69) is 20.7 Å². The molecule has 0 amide bonds. The number of rotatable bonds is 4. The van der Waals surface area contributed by atoms with Crippen LogP contribution in [0.25, 0.3) is 11.3 Å². The second kappa shape index (κ2) is 6.04. The molecular formula is C14H14BrNO3. The zero-order valence-corrected chi connectivity index (χ0v) is 12.0. The average molecular weight is 324 g/mol. The number of carbonyl (C=O) groups excluding carboxylic acids is 1. The minimum absolute atomic E-state index is 0.320. The highest BCUT2D eigenvalue weighted by Crippen LogP contribution is 2.25. The third-order valence-corrected chi connectivity index (χ3v) is 3.19. The van der Waals surface area contributed by atoms with Crippen LogP contribution in [0.2, 0.25) is 0 Å². The fourth-order valence-corrected chi connectivity index (χ4v) is 2.14. The molecule has 1 atom stereocenters. The van der Waals surface area contributed by atoms with Crippen molar-refractivity contribution in [1.82, 2.24) is 0 Å². The van der Waals surface area contributed by atoms with Crippen molar-refractivity contribution in [3.8, 4) is 11.3 Å². The molecule has 2 N–H and O–H groups in total. The Hall–Kier alpha value is -1.59. The van der Waals surface area contributed by atoms with Gasteiger partial charge in [0.2, 0.25) is 0 Å². The number of nitrogens with two attached hydrogens (primary N) is 1. The highest BCUT2D eigenvalue weighted by molar-refractivity contribution is 9.10. The maximum absolute atomic E-state index is 11.2.